The van der Waals surface area contributed by atoms with E-state index < -0.39 is 0 Å². The highest BCUT2D eigenvalue weighted by atomic mass is 19.1. The van der Waals surface area contributed by atoms with Crippen molar-refractivity contribution in [1.29, 1.82) is 0 Å². The number of benzene rings is 1. The topological polar surface area (TPSA) is 33.5 Å². The van der Waals surface area contributed by atoms with E-state index in [2.05, 4.69) is 19.2 Å². The number of rotatable bonds is 4. The molecular formula is C16H24FN2O+. The summed E-state index contributed by atoms with van der Waals surface area (Å²) >= 11 is 0. The molecule has 4 heteroatoms. The lowest BCUT2D eigenvalue weighted by Gasteiger charge is -2.31. The number of likely N-dealkylation sites (tertiary alicyclic amines) is 1. The van der Waals surface area contributed by atoms with Crippen molar-refractivity contribution in [1.82, 2.24) is 0 Å². The van der Waals surface area contributed by atoms with Gasteiger partial charge in [0.2, 0.25) is 5.91 Å². The van der Waals surface area contributed by atoms with E-state index >= 15 is 0 Å². The minimum absolute atomic E-state index is 0.0334. The summed E-state index contributed by atoms with van der Waals surface area (Å²) < 4.78 is 13.0. The summed E-state index contributed by atoms with van der Waals surface area (Å²) in [5.74, 6) is 1.11. The Bertz CT molecular complexity index is 454. The zero-order chi connectivity index (χ0) is 14.5. The number of carbonyl (C=O) groups is 1. The molecule has 1 aromatic rings. The van der Waals surface area contributed by atoms with E-state index in [4.69, 9.17) is 0 Å². The molecule has 3 nitrogen and oxygen atoms in total. The van der Waals surface area contributed by atoms with Gasteiger partial charge < -0.3 is 10.2 Å². The molecule has 0 spiro atoms. The van der Waals surface area contributed by atoms with Crippen LogP contribution in [-0.2, 0) is 4.79 Å². The summed E-state index contributed by atoms with van der Waals surface area (Å²) in [6.45, 7) is 7.72. The minimum Gasteiger partial charge on any atom is -0.334 e. The van der Waals surface area contributed by atoms with Gasteiger partial charge in [-0.2, -0.15) is 0 Å². The van der Waals surface area contributed by atoms with Crippen molar-refractivity contribution < 1.29 is 14.1 Å². The Kier molecular flexibility index (Phi) is 5.12. The maximum atomic E-state index is 13.0. The Morgan fingerprint density at radius 2 is 2.05 bits per heavy atom. The number of carbonyl (C=O) groups excluding carboxylic acids is 1. The standard InChI is InChI=1S/C16H23FN2O/c1-12-8-13(2)11-19(10-12)7-6-16(20)18-15-5-3-4-14(17)9-15/h3-5,9,12-13H,6-8,10-11H2,1-2H3,(H,18,20)/p+1/t12-,13+. The van der Waals surface area contributed by atoms with Crippen LogP contribution in [0.15, 0.2) is 24.3 Å². The second-order valence-electron chi connectivity index (χ2n) is 6.16. The fourth-order valence-corrected chi connectivity index (χ4v) is 3.21. The Morgan fingerprint density at radius 1 is 1.35 bits per heavy atom. The molecule has 0 aliphatic carbocycles. The second kappa shape index (κ2) is 6.84. The molecule has 0 bridgehead atoms. The Balaban J connectivity index is 1.77. The highest BCUT2D eigenvalue weighted by molar-refractivity contribution is 5.90. The molecule has 1 aromatic carbocycles. The number of halogens is 1. The lowest BCUT2D eigenvalue weighted by molar-refractivity contribution is -0.911. The van der Waals surface area contributed by atoms with Crippen LogP contribution in [0.3, 0.4) is 0 Å². The summed E-state index contributed by atoms with van der Waals surface area (Å²) in [4.78, 5) is 13.4. The van der Waals surface area contributed by atoms with Crippen LogP contribution in [0.2, 0.25) is 0 Å². The second-order valence-corrected chi connectivity index (χ2v) is 6.16. The summed E-state index contributed by atoms with van der Waals surface area (Å²) in [6, 6.07) is 6.02. The number of hydrogen-bond donors (Lipinski definition) is 2. The summed E-state index contributed by atoms with van der Waals surface area (Å²) in [6.07, 6.45) is 1.78. The number of nitrogens with one attached hydrogen (secondary N) is 2. The third kappa shape index (κ3) is 4.60. The maximum Gasteiger partial charge on any atom is 0.230 e. The third-order valence-corrected chi connectivity index (χ3v) is 3.89. The van der Waals surface area contributed by atoms with Gasteiger partial charge in [-0.25, -0.2) is 4.39 Å². The predicted molar refractivity (Wildman–Crippen MR) is 78.2 cm³/mol. The first-order chi connectivity index (χ1) is 9.52. The van der Waals surface area contributed by atoms with Gasteiger partial charge in [0, 0.05) is 17.5 Å². The van der Waals surface area contributed by atoms with Crippen molar-refractivity contribution in [2.75, 3.05) is 25.0 Å². The number of piperidine rings is 1. The molecule has 1 unspecified atom stereocenters. The van der Waals surface area contributed by atoms with E-state index in [9.17, 15) is 9.18 Å². The monoisotopic (exact) mass is 279 g/mol. The smallest absolute Gasteiger partial charge is 0.230 e. The summed E-state index contributed by atoms with van der Waals surface area (Å²) in [7, 11) is 0. The van der Waals surface area contributed by atoms with Crippen LogP contribution in [0.4, 0.5) is 10.1 Å². The van der Waals surface area contributed by atoms with E-state index in [1.807, 2.05) is 0 Å². The van der Waals surface area contributed by atoms with Crippen LogP contribution >= 0.6 is 0 Å². The van der Waals surface area contributed by atoms with Gasteiger partial charge in [-0.1, -0.05) is 19.9 Å². The first kappa shape index (κ1) is 15.0. The van der Waals surface area contributed by atoms with Gasteiger partial charge in [-0.15, -0.1) is 0 Å². The van der Waals surface area contributed by atoms with Gasteiger partial charge in [-0.05, 0) is 24.6 Å². The quantitative estimate of drug-likeness (QED) is 0.864. The molecule has 0 aromatic heterocycles. The number of hydrogen-bond acceptors (Lipinski definition) is 1. The number of amides is 1. The summed E-state index contributed by atoms with van der Waals surface area (Å²) in [5, 5.41) is 2.75. The Hall–Kier alpha value is -1.42. The van der Waals surface area contributed by atoms with Crippen molar-refractivity contribution >= 4 is 11.6 Å². The van der Waals surface area contributed by atoms with Crippen LogP contribution in [-0.4, -0.2) is 25.5 Å². The maximum absolute atomic E-state index is 13.0. The molecule has 1 amide bonds. The van der Waals surface area contributed by atoms with E-state index in [0.717, 1.165) is 31.5 Å². The molecule has 1 heterocycles. The molecule has 110 valence electrons. The van der Waals surface area contributed by atoms with Crippen molar-refractivity contribution in [3.63, 3.8) is 0 Å². The van der Waals surface area contributed by atoms with Crippen LogP contribution in [0.25, 0.3) is 0 Å². The van der Waals surface area contributed by atoms with Gasteiger partial charge in [-0.3, -0.25) is 4.79 Å². The van der Waals surface area contributed by atoms with Crippen molar-refractivity contribution in [3.05, 3.63) is 30.1 Å². The molecule has 2 N–H and O–H groups in total. The largest absolute Gasteiger partial charge is 0.334 e. The molecule has 0 saturated carbocycles. The van der Waals surface area contributed by atoms with Crippen LogP contribution in [0, 0.1) is 17.7 Å². The van der Waals surface area contributed by atoms with Crippen LogP contribution in [0.5, 0.6) is 0 Å². The van der Waals surface area contributed by atoms with Gasteiger partial charge in [0.1, 0.15) is 5.82 Å². The molecule has 1 saturated heterocycles. The summed E-state index contributed by atoms with van der Waals surface area (Å²) in [5.41, 5.74) is 0.533. The Morgan fingerprint density at radius 3 is 2.70 bits per heavy atom. The molecular weight excluding hydrogens is 255 g/mol. The lowest BCUT2D eigenvalue weighted by Crippen LogP contribution is -3.14. The van der Waals surface area contributed by atoms with Gasteiger partial charge in [0.15, 0.2) is 0 Å². The molecule has 0 radical (unpaired) electrons. The molecule has 1 fully saturated rings. The molecule has 1 aliphatic heterocycles. The zero-order valence-corrected chi connectivity index (χ0v) is 12.3. The Labute approximate surface area is 120 Å². The van der Waals surface area contributed by atoms with Crippen molar-refractivity contribution in [2.24, 2.45) is 11.8 Å². The normalized spacial score (nSPS) is 26.2. The average molecular weight is 279 g/mol. The first-order valence-corrected chi connectivity index (χ1v) is 7.42. The molecule has 3 atom stereocenters. The van der Waals surface area contributed by atoms with Crippen LogP contribution in [0.1, 0.15) is 26.7 Å². The fourth-order valence-electron chi connectivity index (χ4n) is 3.21. The minimum atomic E-state index is -0.327. The van der Waals surface area contributed by atoms with E-state index in [1.165, 1.54) is 23.5 Å². The predicted octanol–water partition coefficient (Wildman–Crippen LogP) is 1.72. The van der Waals surface area contributed by atoms with Crippen LogP contribution < -0.4 is 10.2 Å². The average Bonchev–Trinajstić information content (AvgIpc) is 2.35. The highest BCUT2D eigenvalue weighted by Crippen LogP contribution is 2.12. The molecule has 2 rings (SSSR count). The fraction of sp³-hybridized carbons (Fsp3) is 0.562. The SMILES string of the molecule is C[C@@H]1C[C@H](C)C[NH+](CCC(=O)Nc2cccc(F)c2)C1. The van der Waals surface area contributed by atoms with Crippen molar-refractivity contribution in [3.8, 4) is 0 Å². The highest BCUT2D eigenvalue weighted by Gasteiger charge is 2.25. The third-order valence-electron chi connectivity index (χ3n) is 3.89. The van der Waals surface area contributed by atoms with E-state index in [0.29, 0.717) is 12.1 Å². The van der Waals surface area contributed by atoms with Gasteiger partial charge in [0.25, 0.3) is 0 Å². The molecule has 20 heavy (non-hydrogen) atoms. The molecule has 1 aliphatic rings. The van der Waals surface area contributed by atoms with Gasteiger partial charge >= 0.3 is 0 Å². The zero-order valence-electron chi connectivity index (χ0n) is 12.3. The van der Waals surface area contributed by atoms with E-state index in [1.54, 1.807) is 12.1 Å². The number of anilines is 1. The van der Waals surface area contributed by atoms with Crippen molar-refractivity contribution in [2.45, 2.75) is 26.7 Å². The van der Waals surface area contributed by atoms with E-state index in [-0.39, 0.29) is 11.7 Å². The first-order valence-electron chi connectivity index (χ1n) is 7.42. The number of quaternary nitrogens is 1. The van der Waals surface area contributed by atoms with Gasteiger partial charge in [0.05, 0.1) is 26.1 Å². The lowest BCUT2D eigenvalue weighted by atomic mass is 9.92.